The summed E-state index contributed by atoms with van der Waals surface area (Å²) in [6, 6.07) is 5.01. The zero-order valence-electron chi connectivity index (χ0n) is 10.6. The molecule has 0 fully saturated rings. The van der Waals surface area contributed by atoms with Crippen molar-refractivity contribution in [1.82, 2.24) is 4.98 Å². The van der Waals surface area contributed by atoms with Gasteiger partial charge in [0.25, 0.3) is 0 Å². The number of carbonyl (C=O) groups excluding carboxylic acids is 1. The van der Waals surface area contributed by atoms with E-state index in [0.717, 1.165) is 0 Å². The average Bonchev–Trinajstić information content (AvgIpc) is 2.43. The van der Waals surface area contributed by atoms with E-state index in [1.54, 1.807) is 13.2 Å². The third-order valence-corrected chi connectivity index (χ3v) is 2.02. The molecule has 0 saturated carbocycles. The van der Waals surface area contributed by atoms with Crippen LogP contribution in [0.2, 0.25) is 0 Å². The summed E-state index contributed by atoms with van der Waals surface area (Å²) in [6.45, 7) is 1.41. The summed E-state index contributed by atoms with van der Waals surface area (Å²) in [6.07, 6.45) is 0.747. The van der Waals surface area contributed by atoms with Gasteiger partial charge in [0.15, 0.2) is 0 Å². The molecule has 0 spiro atoms. The summed E-state index contributed by atoms with van der Waals surface area (Å²) in [7, 11) is 1.58. The number of ether oxygens (including phenoxy) is 3. The first-order valence-corrected chi connectivity index (χ1v) is 5.63. The van der Waals surface area contributed by atoms with E-state index in [-0.39, 0.29) is 6.61 Å². The molecule has 0 bridgehead atoms. The van der Waals surface area contributed by atoms with Crippen LogP contribution in [0, 0.1) is 11.3 Å². The lowest BCUT2D eigenvalue weighted by Crippen LogP contribution is -2.18. The molecule has 1 N–H and O–H groups in total. The summed E-state index contributed by atoms with van der Waals surface area (Å²) in [5, 5.41) is 11.0. The second-order valence-corrected chi connectivity index (χ2v) is 3.41. The van der Waals surface area contributed by atoms with Crippen LogP contribution in [0.4, 0.5) is 10.6 Å². The number of rotatable bonds is 7. The number of hydrogen-bond acceptors (Lipinski definition) is 6. The first-order chi connectivity index (χ1) is 9.26. The molecule has 0 aromatic carbocycles. The van der Waals surface area contributed by atoms with Gasteiger partial charge in [0.05, 0.1) is 25.4 Å². The maximum atomic E-state index is 11.3. The molecule has 7 heteroatoms. The summed E-state index contributed by atoms with van der Waals surface area (Å²) < 4.78 is 14.8. The summed E-state index contributed by atoms with van der Waals surface area (Å²) in [5.41, 5.74) is 0.422. The van der Waals surface area contributed by atoms with Crippen molar-refractivity contribution in [2.75, 3.05) is 38.9 Å². The van der Waals surface area contributed by atoms with Crippen molar-refractivity contribution >= 4 is 11.9 Å². The Hall–Kier alpha value is -2.17. The van der Waals surface area contributed by atoms with Gasteiger partial charge in [-0.3, -0.25) is 5.32 Å². The number of anilines is 1. The Morgan fingerprint density at radius 3 is 2.79 bits per heavy atom. The fourth-order valence-electron chi connectivity index (χ4n) is 1.11. The summed E-state index contributed by atoms with van der Waals surface area (Å²) >= 11 is 0. The predicted octanol–water partition coefficient (Wildman–Crippen LogP) is 1.16. The molecule has 0 aliphatic rings. The van der Waals surface area contributed by atoms with E-state index in [0.29, 0.717) is 31.2 Å². The highest BCUT2D eigenvalue weighted by atomic mass is 16.6. The number of nitrogens with zero attached hydrogens (tertiary/aromatic N) is 2. The number of hydrogen-bond donors (Lipinski definition) is 1. The fourth-order valence-corrected chi connectivity index (χ4v) is 1.11. The maximum Gasteiger partial charge on any atom is 0.412 e. The van der Waals surface area contributed by atoms with Gasteiger partial charge >= 0.3 is 6.09 Å². The topological polar surface area (TPSA) is 93.5 Å². The van der Waals surface area contributed by atoms with E-state index < -0.39 is 6.09 Å². The number of methoxy groups -OCH3 is 1. The number of nitrogens with one attached hydrogen (secondary N) is 1. The molecule has 0 atom stereocenters. The Morgan fingerprint density at radius 1 is 1.37 bits per heavy atom. The zero-order valence-corrected chi connectivity index (χ0v) is 10.6. The Balaban J connectivity index is 2.18. The molecule has 0 radical (unpaired) electrons. The molecule has 1 aromatic rings. The molecule has 102 valence electrons. The number of nitriles is 1. The lowest BCUT2D eigenvalue weighted by molar-refractivity contribution is 0.0447. The number of aromatic nitrogens is 1. The van der Waals surface area contributed by atoms with Crippen molar-refractivity contribution in [3.8, 4) is 6.07 Å². The average molecular weight is 265 g/mol. The molecule has 0 saturated heterocycles. The zero-order chi connectivity index (χ0) is 13.9. The highest BCUT2D eigenvalue weighted by Crippen LogP contribution is 2.04. The lowest BCUT2D eigenvalue weighted by atomic mass is 10.3. The van der Waals surface area contributed by atoms with Gasteiger partial charge in [-0.2, -0.15) is 5.26 Å². The normalized spacial score (nSPS) is 9.68. The van der Waals surface area contributed by atoms with Crippen molar-refractivity contribution in [3.05, 3.63) is 23.9 Å². The Bertz CT molecular complexity index is 428. The van der Waals surface area contributed by atoms with E-state index in [9.17, 15) is 4.79 Å². The predicted molar refractivity (Wildman–Crippen MR) is 66.6 cm³/mol. The van der Waals surface area contributed by atoms with Gasteiger partial charge in [0, 0.05) is 13.3 Å². The molecule has 1 aromatic heterocycles. The quantitative estimate of drug-likeness (QED) is 0.744. The van der Waals surface area contributed by atoms with Crippen LogP contribution in [-0.4, -0.2) is 44.6 Å². The van der Waals surface area contributed by atoms with Crippen LogP contribution in [0.15, 0.2) is 18.3 Å². The monoisotopic (exact) mass is 265 g/mol. The molecular weight excluding hydrogens is 250 g/mol. The SMILES string of the molecule is COCCOCCOC(=O)Nc1ccc(C#N)cn1. The van der Waals surface area contributed by atoms with Gasteiger partial charge in [-0.1, -0.05) is 0 Å². The number of amides is 1. The van der Waals surface area contributed by atoms with Gasteiger partial charge in [-0.05, 0) is 12.1 Å². The number of carbonyl (C=O) groups is 1. The smallest absolute Gasteiger partial charge is 0.412 e. The van der Waals surface area contributed by atoms with Gasteiger partial charge in [0.1, 0.15) is 18.5 Å². The Morgan fingerprint density at radius 2 is 2.16 bits per heavy atom. The molecular formula is C12H15N3O4. The molecule has 1 rings (SSSR count). The van der Waals surface area contributed by atoms with Crippen LogP contribution in [0.25, 0.3) is 0 Å². The number of pyridine rings is 1. The van der Waals surface area contributed by atoms with Gasteiger partial charge in [-0.15, -0.1) is 0 Å². The van der Waals surface area contributed by atoms with Crippen LogP contribution in [0.3, 0.4) is 0 Å². The van der Waals surface area contributed by atoms with Crippen LogP contribution < -0.4 is 5.32 Å². The van der Waals surface area contributed by atoms with E-state index >= 15 is 0 Å². The van der Waals surface area contributed by atoms with E-state index in [4.69, 9.17) is 19.5 Å². The van der Waals surface area contributed by atoms with Crippen molar-refractivity contribution in [2.24, 2.45) is 0 Å². The van der Waals surface area contributed by atoms with E-state index in [2.05, 4.69) is 10.3 Å². The Kier molecular flexibility index (Phi) is 6.94. The standard InChI is InChI=1S/C12H15N3O4/c1-17-4-5-18-6-7-19-12(16)15-11-3-2-10(8-13)9-14-11/h2-3,9H,4-7H2,1H3,(H,14,15,16). The highest BCUT2D eigenvalue weighted by Gasteiger charge is 2.03. The molecule has 0 unspecified atom stereocenters. The van der Waals surface area contributed by atoms with Crippen molar-refractivity contribution in [3.63, 3.8) is 0 Å². The molecule has 19 heavy (non-hydrogen) atoms. The maximum absolute atomic E-state index is 11.3. The van der Waals surface area contributed by atoms with Gasteiger partial charge in [0.2, 0.25) is 0 Å². The van der Waals surface area contributed by atoms with Gasteiger partial charge in [-0.25, -0.2) is 9.78 Å². The van der Waals surface area contributed by atoms with Crippen LogP contribution >= 0.6 is 0 Å². The van der Waals surface area contributed by atoms with Crippen molar-refractivity contribution < 1.29 is 19.0 Å². The van der Waals surface area contributed by atoms with Crippen molar-refractivity contribution in [1.29, 1.82) is 5.26 Å². The summed E-state index contributed by atoms with van der Waals surface area (Å²) in [4.78, 5) is 15.2. The minimum absolute atomic E-state index is 0.145. The van der Waals surface area contributed by atoms with Crippen LogP contribution in [0.5, 0.6) is 0 Å². The van der Waals surface area contributed by atoms with E-state index in [1.165, 1.54) is 12.3 Å². The second kappa shape index (κ2) is 8.85. The minimum Gasteiger partial charge on any atom is -0.447 e. The molecule has 7 nitrogen and oxygen atoms in total. The fraction of sp³-hybridized carbons (Fsp3) is 0.417. The lowest BCUT2D eigenvalue weighted by Gasteiger charge is -2.06. The second-order valence-electron chi connectivity index (χ2n) is 3.41. The van der Waals surface area contributed by atoms with Gasteiger partial charge < -0.3 is 14.2 Å². The van der Waals surface area contributed by atoms with Crippen LogP contribution in [0.1, 0.15) is 5.56 Å². The highest BCUT2D eigenvalue weighted by molar-refractivity contribution is 5.83. The minimum atomic E-state index is -0.618. The first kappa shape index (κ1) is 14.9. The molecule has 1 amide bonds. The summed E-state index contributed by atoms with van der Waals surface area (Å²) in [5.74, 6) is 0.323. The van der Waals surface area contributed by atoms with E-state index in [1.807, 2.05) is 6.07 Å². The third kappa shape index (κ3) is 6.35. The molecule has 1 heterocycles. The Labute approximate surface area is 111 Å². The third-order valence-electron chi connectivity index (χ3n) is 2.02. The van der Waals surface area contributed by atoms with Crippen LogP contribution in [-0.2, 0) is 14.2 Å². The molecule has 0 aliphatic heterocycles. The van der Waals surface area contributed by atoms with Crippen molar-refractivity contribution in [2.45, 2.75) is 0 Å². The molecule has 0 aliphatic carbocycles. The first-order valence-electron chi connectivity index (χ1n) is 5.63. The largest absolute Gasteiger partial charge is 0.447 e.